The summed E-state index contributed by atoms with van der Waals surface area (Å²) in [4.78, 5) is 13.3. The van der Waals surface area contributed by atoms with Crippen LogP contribution in [0.5, 0.6) is 0 Å². The topological polar surface area (TPSA) is 66.5 Å². The summed E-state index contributed by atoms with van der Waals surface area (Å²) in [6, 6.07) is 50.2. The Morgan fingerprint density at radius 1 is 0.778 bits per heavy atom. The smallest absolute Gasteiger partial charge is 0.280 e. The molecule has 0 spiro atoms. The molecule has 0 aliphatic carbocycles. The predicted octanol–water partition coefficient (Wildman–Crippen LogP) is 10.1. The third kappa shape index (κ3) is 5.79. The van der Waals surface area contributed by atoms with Crippen LogP contribution in [0.3, 0.4) is 0 Å². The molecule has 9 rings (SSSR count). The van der Waals surface area contributed by atoms with Gasteiger partial charge in [-0.3, -0.25) is 13.9 Å². The van der Waals surface area contributed by atoms with Crippen LogP contribution in [0.2, 0.25) is 0 Å². The fourth-order valence-corrected chi connectivity index (χ4v) is 8.91. The average Bonchev–Trinajstić information content (AvgIpc) is 4.07. The van der Waals surface area contributed by atoms with Gasteiger partial charge in [0.25, 0.3) is 6.17 Å². The maximum atomic E-state index is 9.62. The van der Waals surface area contributed by atoms with Gasteiger partial charge in [-0.1, -0.05) is 103 Å². The van der Waals surface area contributed by atoms with E-state index in [-0.39, 0.29) is 6.17 Å². The van der Waals surface area contributed by atoms with Crippen LogP contribution in [0.25, 0.3) is 43.4 Å². The van der Waals surface area contributed by atoms with Gasteiger partial charge in [0.05, 0.1) is 28.4 Å². The highest BCUT2D eigenvalue weighted by Crippen LogP contribution is 2.43. The van der Waals surface area contributed by atoms with E-state index < -0.39 is 5.54 Å². The maximum Gasteiger partial charge on any atom is 0.280 e. The number of nitrogens with zero attached hydrogens (tertiary/aromatic N) is 7. The van der Waals surface area contributed by atoms with Gasteiger partial charge in [0, 0.05) is 53.5 Å². The first-order valence-corrected chi connectivity index (χ1v) is 18.9. The Hall–Kier alpha value is -6.58. The largest absolute Gasteiger partial charge is 0.298 e. The minimum absolute atomic E-state index is 0.0236. The lowest BCUT2D eigenvalue weighted by Crippen LogP contribution is -2.38. The maximum absolute atomic E-state index is 9.62. The Balaban J connectivity index is 1.23. The van der Waals surface area contributed by atoms with Crippen molar-refractivity contribution in [1.82, 2.24) is 24.1 Å². The number of hydrogen-bond donors (Lipinski definition) is 0. The molecule has 7 nitrogen and oxygen atoms in total. The van der Waals surface area contributed by atoms with E-state index in [1.54, 1.807) is 11.3 Å². The highest BCUT2D eigenvalue weighted by atomic mass is 32.1. The zero-order chi connectivity index (χ0) is 36.5. The van der Waals surface area contributed by atoms with Gasteiger partial charge >= 0.3 is 0 Å². The summed E-state index contributed by atoms with van der Waals surface area (Å²) in [6.45, 7) is 9.37. The fraction of sp³-hybridized carbons (Fsp3) is 0.130. The molecule has 1 fully saturated rings. The van der Waals surface area contributed by atoms with Gasteiger partial charge in [-0.05, 0) is 59.5 Å². The molecule has 8 aromatic rings. The third-order valence-corrected chi connectivity index (χ3v) is 11.6. The number of likely N-dealkylation sites (tertiary alicyclic amines) is 1. The summed E-state index contributed by atoms with van der Waals surface area (Å²) in [5.74, 6) is 0. The van der Waals surface area contributed by atoms with Crippen molar-refractivity contribution >= 4 is 17.0 Å². The van der Waals surface area contributed by atoms with Gasteiger partial charge in [0.2, 0.25) is 0 Å². The number of thiophene rings is 1. The van der Waals surface area contributed by atoms with E-state index in [0.717, 1.165) is 81.2 Å². The zero-order valence-electron chi connectivity index (χ0n) is 29.5. The van der Waals surface area contributed by atoms with Crippen LogP contribution in [0, 0.1) is 17.9 Å². The van der Waals surface area contributed by atoms with Crippen LogP contribution in [0.4, 0.5) is 0 Å². The summed E-state index contributed by atoms with van der Waals surface area (Å²) >= 11 is 1.76. The minimum atomic E-state index is -0.803. The van der Waals surface area contributed by atoms with E-state index in [1.165, 1.54) is 4.88 Å². The van der Waals surface area contributed by atoms with Crippen molar-refractivity contribution < 1.29 is 0 Å². The number of rotatable bonds is 9. The van der Waals surface area contributed by atoms with Crippen LogP contribution >= 0.6 is 11.3 Å². The Morgan fingerprint density at radius 2 is 1.43 bits per heavy atom. The second-order valence-electron chi connectivity index (χ2n) is 13.6. The van der Waals surface area contributed by atoms with Gasteiger partial charge in [0.15, 0.2) is 0 Å². The molecule has 1 unspecified atom stereocenters. The molecule has 0 saturated carbocycles. The first-order chi connectivity index (χ1) is 26.6. The Kier molecular flexibility index (Phi) is 8.69. The standard InChI is InChI=1S/C46H35N7S/c1-48-43-18-11-27-51(43)31-39-24-25-42(54-39)41-29-49-44-26-23-35(30-52(41)44)40-32-53(50-45(40)34-21-19-33(28-47)20-22-34)46(36-12-5-2-6-13-36,37-14-7-3-8-15-37)38-16-9-4-10-17-38/h2-10,12-17,19-26,29-30,32,43H,11,18,27,31H2. The van der Waals surface area contributed by atoms with Crippen LogP contribution in [0.15, 0.2) is 158 Å². The van der Waals surface area contributed by atoms with Crippen molar-refractivity contribution in [3.05, 3.63) is 197 Å². The number of pyridine rings is 1. The lowest BCUT2D eigenvalue weighted by atomic mass is 9.77. The normalized spacial score (nSPS) is 14.6. The van der Waals surface area contributed by atoms with Gasteiger partial charge in [-0.25, -0.2) is 16.5 Å². The van der Waals surface area contributed by atoms with E-state index in [0.29, 0.717) is 5.56 Å². The van der Waals surface area contributed by atoms with Gasteiger partial charge in [0.1, 0.15) is 16.9 Å². The summed E-state index contributed by atoms with van der Waals surface area (Å²) in [5, 5.41) is 15.1. The van der Waals surface area contributed by atoms with Crippen LogP contribution < -0.4 is 0 Å². The molecule has 4 aromatic carbocycles. The number of benzene rings is 4. The molecule has 1 aliphatic heterocycles. The SMILES string of the molecule is [C-]#[N+]C1CCCN1Cc1ccc(-c2cnc3ccc(-c4cn(C(c5ccccc5)(c5ccccc5)c5ccccc5)nc4-c4ccc(C#N)cc4)cn23)s1. The second kappa shape index (κ2) is 14.1. The molecule has 4 aromatic heterocycles. The molecular weight excluding hydrogens is 683 g/mol. The van der Waals surface area contributed by atoms with Gasteiger partial charge < -0.3 is 0 Å². The van der Waals surface area contributed by atoms with Crippen LogP contribution in [0.1, 0.15) is 40.0 Å². The molecular formula is C46H35N7S. The van der Waals surface area contributed by atoms with Crippen molar-refractivity contribution in [2.75, 3.05) is 6.54 Å². The predicted molar refractivity (Wildman–Crippen MR) is 215 cm³/mol. The van der Waals surface area contributed by atoms with Crippen molar-refractivity contribution in [2.24, 2.45) is 0 Å². The molecule has 1 aliphatic rings. The summed E-state index contributed by atoms with van der Waals surface area (Å²) < 4.78 is 4.29. The molecule has 0 bridgehead atoms. The molecule has 0 amide bonds. The number of aromatic nitrogens is 4. The van der Waals surface area contributed by atoms with E-state index in [2.05, 4.69) is 134 Å². The number of imidazole rings is 1. The van der Waals surface area contributed by atoms with E-state index >= 15 is 0 Å². The molecule has 260 valence electrons. The minimum Gasteiger partial charge on any atom is -0.298 e. The molecule has 54 heavy (non-hydrogen) atoms. The molecule has 8 heteroatoms. The Bertz CT molecular complexity index is 2550. The van der Waals surface area contributed by atoms with E-state index in [9.17, 15) is 5.26 Å². The second-order valence-corrected chi connectivity index (χ2v) is 14.8. The van der Waals surface area contributed by atoms with Crippen molar-refractivity contribution in [1.29, 1.82) is 5.26 Å². The Morgan fingerprint density at radius 3 is 2.06 bits per heavy atom. The summed E-state index contributed by atoms with van der Waals surface area (Å²) in [5.41, 5.74) is 8.60. The van der Waals surface area contributed by atoms with Crippen LogP contribution in [-0.4, -0.2) is 36.8 Å². The molecule has 1 saturated heterocycles. The van der Waals surface area contributed by atoms with Crippen molar-refractivity contribution in [3.8, 4) is 39.0 Å². The number of fused-ring (bicyclic) bond motifs is 1. The number of nitriles is 1. The molecule has 0 N–H and O–H groups in total. The lowest BCUT2D eigenvalue weighted by Gasteiger charge is -2.36. The summed E-state index contributed by atoms with van der Waals surface area (Å²) in [7, 11) is 0. The average molecular weight is 718 g/mol. The van der Waals surface area contributed by atoms with Crippen LogP contribution in [-0.2, 0) is 12.1 Å². The molecule has 1 atom stereocenters. The molecule has 0 radical (unpaired) electrons. The quantitative estimate of drug-likeness (QED) is 0.110. The van der Waals surface area contributed by atoms with Crippen molar-refractivity contribution in [3.63, 3.8) is 0 Å². The first kappa shape index (κ1) is 33.3. The fourth-order valence-electron chi connectivity index (χ4n) is 7.87. The van der Waals surface area contributed by atoms with Gasteiger partial charge in [-0.2, -0.15) is 10.4 Å². The molecule has 5 heterocycles. The van der Waals surface area contributed by atoms with E-state index in [4.69, 9.17) is 16.7 Å². The monoisotopic (exact) mass is 717 g/mol. The van der Waals surface area contributed by atoms with Crippen molar-refractivity contribution in [2.45, 2.75) is 31.1 Å². The third-order valence-electron chi connectivity index (χ3n) is 10.5. The highest BCUT2D eigenvalue weighted by molar-refractivity contribution is 7.15. The first-order valence-electron chi connectivity index (χ1n) is 18.1. The number of hydrogen-bond acceptors (Lipinski definition) is 5. The highest BCUT2D eigenvalue weighted by Gasteiger charge is 2.40. The summed E-state index contributed by atoms with van der Waals surface area (Å²) in [6.07, 6.45) is 8.28. The lowest BCUT2D eigenvalue weighted by molar-refractivity contribution is 0.282. The zero-order valence-corrected chi connectivity index (χ0v) is 30.3. The van der Waals surface area contributed by atoms with E-state index in [1.807, 2.05) is 48.7 Å². The Labute approximate surface area is 318 Å². The van der Waals surface area contributed by atoms with Gasteiger partial charge in [-0.15, -0.1) is 11.3 Å².